The smallest absolute Gasteiger partial charge is 0.287 e. The van der Waals surface area contributed by atoms with E-state index < -0.39 is 0 Å². The van der Waals surface area contributed by atoms with E-state index >= 15 is 0 Å². The van der Waals surface area contributed by atoms with E-state index in [1.54, 1.807) is 6.07 Å². The van der Waals surface area contributed by atoms with Gasteiger partial charge in [0.1, 0.15) is 5.52 Å². The monoisotopic (exact) mass is 280 g/mol. The van der Waals surface area contributed by atoms with Crippen LogP contribution >= 0.6 is 0 Å². The minimum absolute atomic E-state index is 0.0818. The van der Waals surface area contributed by atoms with E-state index in [0.717, 1.165) is 11.3 Å². The van der Waals surface area contributed by atoms with Gasteiger partial charge in [0.05, 0.1) is 6.04 Å². The number of nitrogens with one attached hydrogen (secondary N) is 1. The van der Waals surface area contributed by atoms with E-state index in [2.05, 4.69) is 10.3 Å². The summed E-state index contributed by atoms with van der Waals surface area (Å²) >= 11 is 0. The van der Waals surface area contributed by atoms with Crippen LogP contribution in [0.3, 0.4) is 0 Å². The lowest BCUT2D eigenvalue weighted by molar-refractivity contribution is 0.0914. The van der Waals surface area contributed by atoms with E-state index in [0.29, 0.717) is 11.1 Å². The zero-order valence-corrected chi connectivity index (χ0v) is 12.0. The molecule has 1 N–H and O–H groups in total. The van der Waals surface area contributed by atoms with Crippen LogP contribution in [-0.2, 0) is 0 Å². The number of carbonyl (C=O) groups excluding carboxylic acids is 1. The number of amides is 1. The largest absolute Gasteiger partial charge is 0.449 e. The second kappa shape index (κ2) is 5.40. The minimum atomic E-state index is -0.234. The lowest BCUT2D eigenvalue weighted by Crippen LogP contribution is -2.26. The number of benzene rings is 1. The summed E-state index contributed by atoms with van der Waals surface area (Å²) < 4.78 is 5.55. The van der Waals surface area contributed by atoms with Crippen LogP contribution in [0, 0.1) is 6.92 Å². The molecule has 0 aliphatic rings. The minimum Gasteiger partial charge on any atom is -0.449 e. The molecule has 2 aromatic heterocycles. The summed E-state index contributed by atoms with van der Waals surface area (Å²) in [6.07, 6.45) is 0. The molecule has 0 radical (unpaired) electrons. The van der Waals surface area contributed by atoms with Crippen LogP contribution in [0.2, 0.25) is 0 Å². The highest BCUT2D eigenvalue weighted by Crippen LogP contribution is 2.19. The molecule has 0 fully saturated rings. The molecule has 1 atom stereocenters. The number of hydrogen-bond donors (Lipinski definition) is 1. The van der Waals surface area contributed by atoms with Crippen molar-refractivity contribution in [1.82, 2.24) is 10.3 Å². The summed E-state index contributed by atoms with van der Waals surface area (Å²) in [6, 6.07) is 15.1. The predicted octanol–water partition coefficient (Wildman–Crippen LogP) is 3.63. The van der Waals surface area contributed by atoms with Gasteiger partial charge in [0.15, 0.2) is 11.3 Å². The van der Waals surface area contributed by atoms with Gasteiger partial charge in [0.25, 0.3) is 5.91 Å². The summed E-state index contributed by atoms with van der Waals surface area (Å²) in [5.41, 5.74) is 3.27. The Bertz CT molecular complexity index is 778. The number of fused-ring (bicyclic) bond motifs is 1. The second-order valence-corrected chi connectivity index (χ2v) is 5.05. The fraction of sp³-hybridized carbons (Fsp3) is 0.176. The molecule has 0 bridgehead atoms. The molecule has 3 aromatic rings. The van der Waals surface area contributed by atoms with Crippen molar-refractivity contribution < 1.29 is 9.21 Å². The number of aryl methyl sites for hydroxylation is 1. The van der Waals surface area contributed by atoms with Gasteiger partial charge in [-0.05, 0) is 31.5 Å². The van der Waals surface area contributed by atoms with Crippen molar-refractivity contribution in [2.24, 2.45) is 0 Å². The number of aromatic nitrogens is 1. The van der Waals surface area contributed by atoms with Gasteiger partial charge in [0.2, 0.25) is 0 Å². The van der Waals surface area contributed by atoms with Crippen LogP contribution in [-0.4, -0.2) is 10.9 Å². The Kier molecular flexibility index (Phi) is 3.44. The maximum atomic E-state index is 12.3. The van der Waals surface area contributed by atoms with Crippen LogP contribution in [0.1, 0.15) is 34.8 Å². The SMILES string of the molecule is Cc1ccc2oc(C(=O)N[C@@H](C)c3ccccc3)cc2n1. The molecule has 3 rings (SSSR count). The molecule has 4 heteroatoms. The Labute approximate surface area is 122 Å². The first kappa shape index (κ1) is 13.4. The molecule has 1 amide bonds. The summed E-state index contributed by atoms with van der Waals surface area (Å²) in [6.45, 7) is 3.85. The molecule has 106 valence electrons. The van der Waals surface area contributed by atoms with Gasteiger partial charge in [-0.25, -0.2) is 4.98 Å². The third-order valence-corrected chi connectivity index (χ3v) is 3.38. The second-order valence-electron chi connectivity index (χ2n) is 5.05. The summed E-state index contributed by atoms with van der Waals surface area (Å²) in [5.74, 6) is 0.0490. The third-order valence-electron chi connectivity index (χ3n) is 3.38. The van der Waals surface area contributed by atoms with E-state index in [-0.39, 0.29) is 17.7 Å². The average molecular weight is 280 g/mol. The van der Waals surface area contributed by atoms with Crippen LogP contribution in [0.15, 0.2) is 52.9 Å². The summed E-state index contributed by atoms with van der Waals surface area (Å²) in [7, 11) is 0. The number of hydrogen-bond acceptors (Lipinski definition) is 3. The maximum absolute atomic E-state index is 12.3. The zero-order valence-electron chi connectivity index (χ0n) is 12.0. The fourth-order valence-corrected chi connectivity index (χ4v) is 2.23. The molecule has 2 heterocycles. The predicted molar refractivity (Wildman–Crippen MR) is 81.1 cm³/mol. The molecule has 0 spiro atoms. The zero-order chi connectivity index (χ0) is 14.8. The van der Waals surface area contributed by atoms with Crippen molar-refractivity contribution in [2.75, 3.05) is 0 Å². The molecule has 0 saturated heterocycles. The van der Waals surface area contributed by atoms with Gasteiger partial charge in [-0.2, -0.15) is 0 Å². The first-order valence-electron chi connectivity index (χ1n) is 6.86. The number of carbonyl (C=O) groups is 1. The van der Waals surface area contributed by atoms with Crippen molar-refractivity contribution in [3.05, 3.63) is 65.5 Å². The average Bonchev–Trinajstić information content (AvgIpc) is 2.91. The molecular weight excluding hydrogens is 264 g/mol. The van der Waals surface area contributed by atoms with Crippen molar-refractivity contribution in [1.29, 1.82) is 0 Å². The Morgan fingerprint density at radius 3 is 2.71 bits per heavy atom. The van der Waals surface area contributed by atoms with E-state index in [9.17, 15) is 4.79 Å². The fourth-order valence-electron chi connectivity index (χ4n) is 2.23. The van der Waals surface area contributed by atoms with Crippen LogP contribution < -0.4 is 5.32 Å². The van der Waals surface area contributed by atoms with Gasteiger partial charge in [-0.1, -0.05) is 30.3 Å². The molecule has 0 aliphatic heterocycles. The lowest BCUT2D eigenvalue weighted by atomic mass is 10.1. The quantitative estimate of drug-likeness (QED) is 0.797. The standard InChI is InChI=1S/C17H16N2O2/c1-11-8-9-15-14(18-11)10-16(21-15)17(20)19-12(2)13-6-4-3-5-7-13/h3-10,12H,1-2H3,(H,19,20)/t12-/m0/s1. The molecule has 0 aliphatic carbocycles. The van der Waals surface area contributed by atoms with Crippen LogP contribution in [0.5, 0.6) is 0 Å². The van der Waals surface area contributed by atoms with E-state index in [1.165, 1.54) is 0 Å². The maximum Gasteiger partial charge on any atom is 0.287 e. The summed E-state index contributed by atoms with van der Waals surface area (Å²) in [4.78, 5) is 16.6. The van der Waals surface area contributed by atoms with Gasteiger partial charge >= 0.3 is 0 Å². The van der Waals surface area contributed by atoms with Crippen LogP contribution in [0.25, 0.3) is 11.1 Å². The first-order chi connectivity index (χ1) is 10.1. The molecular formula is C17H16N2O2. The Hall–Kier alpha value is -2.62. The van der Waals surface area contributed by atoms with Gasteiger partial charge in [0, 0.05) is 11.8 Å². The Morgan fingerprint density at radius 1 is 1.19 bits per heavy atom. The van der Waals surface area contributed by atoms with Gasteiger partial charge in [-0.15, -0.1) is 0 Å². The number of rotatable bonds is 3. The van der Waals surface area contributed by atoms with Gasteiger partial charge < -0.3 is 9.73 Å². The van der Waals surface area contributed by atoms with Crippen molar-refractivity contribution in [2.45, 2.75) is 19.9 Å². The summed E-state index contributed by atoms with van der Waals surface area (Å²) in [5, 5.41) is 2.93. The van der Waals surface area contributed by atoms with Crippen molar-refractivity contribution in [3.63, 3.8) is 0 Å². The normalized spacial score (nSPS) is 12.3. The molecule has 0 unspecified atom stereocenters. The van der Waals surface area contributed by atoms with Crippen LogP contribution in [0.4, 0.5) is 0 Å². The molecule has 4 nitrogen and oxygen atoms in total. The highest BCUT2D eigenvalue weighted by Gasteiger charge is 2.16. The van der Waals surface area contributed by atoms with Crippen molar-refractivity contribution in [3.8, 4) is 0 Å². The Balaban J connectivity index is 1.80. The highest BCUT2D eigenvalue weighted by atomic mass is 16.3. The molecule has 21 heavy (non-hydrogen) atoms. The number of furan rings is 1. The number of nitrogens with zero attached hydrogens (tertiary/aromatic N) is 1. The Morgan fingerprint density at radius 2 is 1.95 bits per heavy atom. The van der Waals surface area contributed by atoms with Crippen molar-refractivity contribution >= 4 is 17.0 Å². The molecule has 1 aromatic carbocycles. The van der Waals surface area contributed by atoms with Gasteiger partial charge in [-0.3, -0.25) is 4.79 Å². The topological polar surface area (TPSA) is 55.1 Å². The van der Waals surface area contributed by atoms with E-state index in [1.807, 2.05) is 56.3 Å². The lowest BCUT2D eigenvalue weighted by Gasteiger charge is -2.12. The highest BCUT2D eigenvalue weighted by molar-refractivity contribution is 5.95. The third kappa shape index (κ3) is 2.79. The molecule has 0 saturated carbocycles. The number of pyridine rings is 1. The first-order valence-corrected chi connectivity index (χ1v) is 6.86. The van der Waals surface area contributed by atoms with E-state index in [4.69, 9.17) is 4.42 Å².